The molecule has 0 spiro atoms. The fourth-order valence-electron chi connectivity index (χ4n) is 3.06. The highest BCUT2D eigenvalue weighted by Crippen LogP contribution is 2.38. The van der Waals surface area contributed by atoms with Crippen LogP contribution >= 0.6 is 11.3 Å². The van der Waals surface area contributed by atoms with Crippen LogP contribution in [0, 0.1) is 5.82 Å². The minimum absolute atomic E-state index is 0.302. The van der Waals surface area contributed by atoms with Crippen molar-refractivity contribution in [1.82, 2.24) is 9.97 Å². The first-order valence-corrected chi connectivity index (χ1v) is 12.2. The van der Waals surface area contributed by atoms with Crippen molar-refractivity contribution in [3.05, 3.63) is 83.8 Å². The molecule has 30 heavy (non-hydrogen) atoms. The first kappa shape index (κ1) is 20.4. The predicted molar refractivity (Wildman–Crippen MR) is 121 cm³/mol. The van der Waals surface area contributed by atoms with E-state index in [4.69, 9.17) is 4.98 Å². The lowest BCUT2D eigenvalue weighted by Crippen LogP contribution is -1.96. The second-order valence-electron chi connectivity index (χ2n) is 6.76. The third-order valence-corrected chi connectivity index (χ3v) is 7.46. The third kappa shape index (κ3) is 4.32. The summed E-state index contributed by atoms with van der Waals surface area (Å²) in [6.07, 6.45) is 4.04. The molecule has 4 aromatic rings. The number of hydrogen-bond acceptors (Lipinski definition) is 5. The molecule has 2 aromatic carbocycles. The lowest BCUT2D eigenvalue weighted by Gasteiger charge is -2.06. The quantitative estimate of drug-likeness (QED) is 0.365. The molecule has 4 nitrogen and oxygen atoms in total. The van der Waals surface area contributed by atoms with Gasteiger partial charge in [0.1, 0.15) is 5.82 Å². The van der Waals surface area contributed by atoms with Crippen LogP contribution in [0.4, 0.5) is 10.2 Å². The zero-order chi connectivity index (χ0) is 21.1. The Bertz CT molecular complexity index is 1310. The van der Waals surface area contributed by atoms with Crippen LogP contribution in [0.5, 0.6) is 0 Å². The number of nitrogens with zero attached hydrogens (tertiary/aromatic N) is 3. The van der Waals surface area contributed by atoms with E-state index in [1.54, 1.807) is 42.0 Å². The standard InChI is InChI=1S/C23H20FN3OS2/c1-3-21-26-22(16-8-7-9-18(24)14-16)23(29-21)17-12-13-25-20(15-17)27-30(2,28)19-10-5-4-6-11-19/h4-15H,3H2,1-2H3. The van der Waals surface area contributed by atoms with Crippen molar-refractivity contribution in [2.75, 3.05) is 6.26 Å². The molecule has 0 saturated heterocycles. The molecule has 152 valence electrons. The van der Waals surface area contributed by atoms with E-state index in [-0.39, 0.29) is 5.82 Å². The normalized spacial score (nSPS) is 13.0. The number of pyridine rings is 1. The first-order chi connectivity index (χ1) is 14.5. The zero-order valence-corrected chi connectivity index (χ0v) is 18.2. The maximum atomic E-state index is 13.8. The molecule has 0 aliphatic rings. The van der Waals surface area contributed by atoms with Crippen LogP contribution in [0.2, 0.25) is 0 Å². The van der Waals surface area contributed by atoms with Gasteiger partial charge >= 0.3 is 0 Å². The molecule has 0 fully saturated rings. The number of hydrogen-bond donors (Lipinski definition) is 0. The highest BCUT2D eigenvalue weighted by atomic mass is 32.2. The Kier molecular flexibility index (Phi) is 5.74. The van der Waals surface area contributed by atoms with E-state index in [9.17, 15) is 8.60 Å². The lowest BCUT2D eigenvalue weighted by atomic mass is 10.1. The lowest BCUT2D eigenvalue weighted by molar-refractivity contribution is 0.628. The Morgan fingerprint density at radius 1 is 1.03 bits per heavy atom. The minimum Gasteiger partial charge on any atom is -0.245 e. The van der Waals surface area contributed by atoms with Gasteiger partial charge < -0.3 is 0 Å². The summed E-state index contributed by atoms with van der Waals surface area (Å²) in [4.78, 5) is 10.6. The Morgan fingerprint density at radius 2 is 1.83 bits per heavy atom. The van der Waals surface area contributed by atoms with Gasteiger partial charge in [-0.2, -0.15) is 4.36 Å². The van der Waals surface area contributed by atoms with Gasteiger partial charge in [-0.1, -0.05) is 37.3 Å². The summed E-state index contributed by atoms with van der Waals surface area (Å²) < 4.78 is 31.4. The summed E-state index contributed by atoms with van der Waals surface area (Å²) in [7, 11) is -2.63. The molecule has 7 heteroatoms. The average Bonchev–Trinajstić information content (AvgIpc) is 3.19. The number of aryl methyl sites for hydroxylation is 1. The predicted octanol–water partition coefficient (Wildman–Crippen LogP) is 6.36. The SMILES string of the molecule is CCc1nc(-c2cccc(F)c2)c(-c2ccnc(N=S(C)(=O)c3ccccc3)c2)s1. The van der Waals surface area contributed by atoms with E-state index >= 15 is 0 Å². The molecule has 1 unspecified atom stereocenters. The molecule has 0 saturated carbocycles. The van der Waals surface area contributed by atoms with Gasteiger partial charge in [0.15, 0.2) is 5.82 Å². The highest BCUT2D eigenvalue weighted by Gasteiger charge is 2.16. The van der Waals surface area contributed by atoms with Crippen molar-refractivity contribution >= 4 is 26.9 Å². The average molecular weight is 438 g/mol. The molecule has 0 amide bonds. The van der Waals surface area contributed by atoms with E-state index < -0.39 is 9.73 Å². The van der Waals surface area contributed by atoms with Crippen molar-refractivity contribution in [2.45, 2.75) is 18.2 Å². The summed E-state index contributed by atoms with van der Waals surface area (Å²) in [5, 5.41) is 0.961. The number of halogens is 1. The molecule has 2 aromatic heterocycles. The molecular formula is C23H20FN3OS2. The van der Waals surface area contributed by atoms with Gasteiger partial charge in [-0.25, -0.2) is 18.6 Å². The Labute approximate surface area is 179 Å². The van der Waals surface area contributed by atoms with Gasteiger partial charge in [-0.15, -0.1) is 11.3 Å². The van der Waals surface area contributed by atoms with Crippen LogP contribution in [0.1, 0.15) is 11.9 Å². The minimum atomic E-state index is -2.63. The number of benzene rings is 2. The summed E-state index contributed by atoms with van der Waals surface area (Å²) in [5.74, 6) is 0.0870. The summed E-state index contributed by atoms with van der Waals surface area (Å²) >= 11 is 1.56. The topological polar surface area (TPSA) is 55.2 Å². The van der Waals surface area contributed by atoms with Crippen LogP contribution < -0.4 is 0 Å². The fraction of sp³-hybridized carbons (Fsp3) is 0.130. The van der Waals surface area contributed by atoms with E-state index in [0.29, 0.717) is 10.7 Å². The van der Waals surface area contributed by atoms with Gasteiger partial charge in [-0.3, -0.25) is 0 Å². The van der Waals surface area contributed by atoms with Crippen molar-refractivity contribution in [3.63, 3.8) is 0 Å². The number of aromatic nitrogens is 2. The maximum absolute atomic E-state index is 13.8. The van der Waals surface area contributed by atoms with E-state index in [2.05, 4.69) is 9.35 Å². The molecule has 0 radical (unpaired) electrons. The summed E-state index contributed by atoms with van der Waals surface area (Å²) in [5.41, 5.74) is 2.32. The second kappa shape index (κ2) is 8.45. The molecule has 4 rings (SSSR count). The zero-order valence-electron chi connectivity index (χ0n) is 16.6. The van der Waals surface area contributed by atoms with Crippen LogP contribution in [0.25, 0.3) is 21.7 Å². The molecule has 2 heterocycles. The maximum Gasteiger partial charge on any atom is 0.162 e. The number of thiazole rings is 1. The molecular weight excluding hydrogens is 417 g/mol. The van der Waals surface area contributed by atoms with Crippen LogP contribution in [0.3, 0.4) is 0 Å². The largest absolute Gasteiger partial charge is 0.245 e. The van der Waals surface area contributed by atoms with E-state index in [1.165, 1.54) is 12.1 Å². The van der Waals surface area contributed by atoms with Gasteiger partial charge in [0.2, 0.25) is 0 Å². The van der Waals surface area contributed by atoms with Crippen LogP contribution in [-0.4, -0.2) is 20.4 Å². The van der Waals surface area contributed by atoms with Crippen LogP contribution in [-0.2, 0) is 16.1 Å². The fourth-order valence-corrected chi connectivity index (χ4v) is 5.30. The monoisotopic (exact) mass is 437 g/mol. The van der Waals surface area contributed by atoms with Gasteiger partial charge in [-0.05, 0) is 48.4 Å². The Hall–Kier alpha value is -2.90. The first-order valence-electron chi connectivity index (χ1n) is 9.45. The third-order valence-electron chi connectivity index (χ3n) is 4.53. The van der Waals surface area contributed by atoms with Gasteiger partial charge in [0.05, 0.1) is 25.3 Å². The molecule has 0 aliphatic heterocycles. The second-order valence-corrected chi connectivity index (χ2v) is 10.1. The van der Waals surface area contributed by atoms with E-state index in [1.807, 2.05) is 43.3 Å². The molecule has 0 aliphatic carbocycles. The Morgan fingerprint density at radius 3 is 2.57 bits per heavy atom. The van der Waals surface area contributed by atoms with Gasteiger partial charge in [0.25, 0.3) is 0 Å². The van der Waals surface area contributed by atoms with Crippen molar-refractivity contribution in [1.29, 1.82) is 0 Å². The van der Waals surface area contributed by atoms with Gasteiger partial charge in [0, 0.05) is 22.9 Å². The Balaban J connectivity index is 1.81. The van der Waals surface area contributed by atoms with Crippen molar-refractivity contribution in [2.24, 2.45) is 4.36 Å². The highest BCUT2D eigenvalue weighted by molar-refractivity contribution is 7.93. The summed E-state index contributed by atoms with van der Waals surface area (Å²) in [6.45, 7) is 2.04. The van der Waals surface area contributed by atoms with Crippen LogP contribution in [0.15, 0.2) is 82.2 Å². The smallest absolute Gasteiger partial charge is 0.162 e. The molecule has 1 atom stereocenters. The van der Waals surface area contributed by atoms with Crippen molar-refractivity contribution < 1.29 is 8.60 Å². The number of rotatable bonds is 5. The van der Waals surface area contributed by atoms with Crippen molar-refractivity contribution in [3.8, 4) is 21.7 Å². The summed E-state index contributed by atoms with van der Waals surface area (Å²) in [6, 6.07) is 19.3. The van der Waals surface area contributed by atoms with E-state index in [0.717, 1.165) is 33.1 Å². The molecule has 0 N–H and O–H groups in total. The molecule has 0 bridgehead atoms.